The van der Waals surface area contributed by atoms with Gasteiger partial charge >= 0.3 is 0 Å². The Morgan fingerprint density at radius 2 is 2.19 bits per heavy atom. The predicted octanol–water partition coefficient (Wildman–Crippen LogP) is 3.12. The number of carbonyl (C=O) groups is 1. The highest BCUT2D eigenvalue weighted by Crippen LogP contribution is 2.19. The molecule has 3 aromatic rings. The van der Waals surface area contributed by atoms with Crippen LogP contribution >= 0.6 is 22.9 Å². The third kappa shape index (κ3) is 2.81. The summed E-state index contributed by atoms with van der Waals surface area (Å²) in [6.07, 6.45) is 3.34. The molecule has 0 atom stereocenters. The van der Waals surface area contributed by atoms with Gasteiger partial charge < -0.3 is 0 Å². The Labute approximate surface area is 129 Å². The summed E-state index contributed by atoms with van der Waals surface area (Å²) in [6, 6.07) is 7.26. The number of imidazole rings is 1. The molecule has 0 saturated carbocycles. The lowest BCUT2D eigenvalue weighted by molar-refractivity contribution is 0.0955. The molecule has 7 heteroatoms. The Kier molecular flexibility index (Phi) is 3.72. The maximum atomic E-state index is 11.9. The van der Waals surface area contributed by atoms with E-state index in [1.165, 1.54) is 17.6 Å². The number of aryl methyl sites for hydroxylation is 1. The van der Waals surface area contributed by atoms with Crippen molar-refractivity contribution >= 4 is 40.0 Å². The number of thiazole rings is 1. The zero-order valence-corrected chi connectivity index (χ0v) is 12.6. The number of fused-ring (bicyclic) bond motifs is 1. The van der Waals surface area contributed by atoms with Gasteiger partial charge in [-0.2, -0.15) is 5.10 Å². The number of hydrogen-bond donors (Lipinski definition) is 1. The summed E-state index contributed by atoms with van der Waals surface area (Å²) in [5, 5.41) is 6.20. The molecule has 0 aliphatic rings. The van der Waals surface area contributed by atoms with Crippen molar-refractivity contribution in [2.24, 2.45) is 5.10 Å². The van der Waals surface area contributed by atoms with Crippen molar-refractivity contribution in [1.82, 2.24) is 14.8 Å². The van der Waals surface area contributed by atoms with Gasteiger partial charge in [0.1, 0.15) is 5.69 Å². The summed E-state index contributed by atoms with van der Waals surface area (Å²) in [6.45, 7) is 1.97. The quantitative estimate of drug-likeness (QED) is 0.596. The van der Waals surface area contributed by atoms with Gasteiger partial charge in [-0.1, -0.05) is 29.3 Å². The fourth-order valence-corrected chi connectivity index (χ4v) is 2.80. The first-order valence-corrected chi connectivity index (χ1v) is 7.42. The zero-order chi connectivity index (χ0) is 14.8. The van der Waals surface area contributed by atoms with Crippen molar-refractivity contribution in [3.05, 3.63) is 57.8 Å². The molecular formula is C14H11ClN4OS. The molecule has 1 aromatic carbocycles. The number of nitrogens with one attached hydrogen (secondary N) is 1. The number of hydrazone groups is 1. The third-order valence-corrected chi connectivity index (χ3v) is 3.96. The van der Waals surface area contributed by atoms with E-state index in [1.807, 2.05) is 35.0 Å². The van der Waals surface area contributed by atoms with Crippen molar-refractivity contribution in [3.63, 3.8) is 0 Å². The summed E-state index contributed by atoms with van der Waals surface area (Å²) in [5.41, 5.74) is 4.76. The second-order valence-corrected chi connectivity index (χ2v) is 5.64. The Bertz CT molecular complexity index is 819. The predicted molar refractivity (Wildman–Crippen MR) is 84.3 cm³/mol. The lowest BCUT2D eigenvalue weighted by Crippen LogP contribution is -2.17. The molecule has 0 aliphatic carbocycles. The first kappa shape index (κ1) is 13.8. The molecule has 5 nitrogen and oxygen atoms in total. The first-order valence-electron chi connectivity index (χ1n) is 6.16. The lowest BCUT2D eigenvalue weighted by Gasteiger charge is -2.00. The minimum absolute atomic E-state index is 0.270. The standard InChI is InChI=1S/C14H11ClN4OS/c1-9-2-4-10(5-3-9)13(20)18-16-8-11-12(15)17-14-19(11)6-7-21-14/h2-8H,1H3,(H,18,20)/b16-8-. The van der Waals surface area contributed by atoms with Crippen LogP contribution in [0.2, 0.25) is 5.15 Å². The van der Waals surface area contributed by atoms with Crippen LogP contribution in [0.5, 0.6) is 0 Å². The number of benzene rings is 1. The van der Waals surface area contributed by atoms with E-state index < -0.39 is 0 Å². The number of hydrogen-bond acceptors (Lipinski definition) is 4. The van der Waals surface area contributed by atoms with Crippen molar-refractivity contribution in [3.8, 4) is 0 Å². The molecule has 0 unspecified atom stereocenters. The monoisotopic (exact) mass is 318 g/mol. The number of rotatable bonds is 3. The fraction of sp³-hybridized carbons (Fsp3) is 0.0714. The van der Waals surface area contributed by atoms with Gasteiger partial charge in [0.25, 0.3) is 5.91 Å². The minimum atomic E-state index is -0.270. The molecule has 3 rings (SSSR count). The van der Waals surface area contributed by atoms with E-state index in [0.29, 0.717) is 16.4 Å². The summed E-state index contributed by atoms with van der Waals surface area (Å²) < 4.78 is 1.81. The van der Waals surface area contributed by atoms with Gasteiger partial charge in [0.15, 0.2) is 10.1 Å². The second kappa shape index (κ2) is 5.67. The molecular weight excluding hydrogens is 308 g/mol. The SMILES string of the molecule is Cc1ccc(C(=O)N/N=C\c2c(Cl)nc3sccn23)cc1. The lowest BCUT2D eigenvalue weighted by atomic mass is 10.1. The maximum Gasteiger partial charge on any atom is 0.271 e. The number of halogens is 1. The number of aromatic nitrogens is 2. The smallest absolute Gasteiger partial charge is 0.271 e. The molecule has 1 N–H and O–H groups in total. The van der Waals surface area contributed by atoms with Crippen LogP contribution in [0.15, 0.2) is 40.9 Å². The number of nitrogens with zero attached hydrogens (tertiary/aromatic N) is 3. The van der Waals surface area contributed by atoms with Crippen molar-refractivity contribution in [2.45, 2.75) is 6.92 Å². The Balaban J connectivity index is 1.75. The van der Waals surface area contributed by atoms with E-state index in [2.05, 4.69) is 15.5 Å². The topological polar surface area (TPSA) is 58.8 Å². The number of carbonyl (C=O) groups excluding carboxylic acids is 1. The Morgan fingerprint density at radius 1 is 1.43 bits per heavy atom. The van der Waals surface area contributed by atoms with E-state index in [9.17, 15) is 4.79 Å². The Hall–Kier alpha value is -2.18. The summed E-state index contributed by atoms with van der Waals surface area (Å²) >= 11 is 7.51. The van der Waals surface area contributed by atoms with E-state index >= 15 is 0 Å². The molecule has 106 valence electrons. The van der Waals surface area contributed by atoms with Gasteiger partial charge in [0.2, 0.25) is 0 Å². The van der Waals surface area contributed by atoms with Crippen LogP contribution in [0.25, 0.3) is 4.96 Å². The molecule has 0 spiro atoms. The number of amides is 1. The highest BCUT2D eigenvalue weighted by atomic mass is 35.5. The molecule has 0 fully saturated rings. The van der Waals surface area contributed by atoms with Crippen LogP contribution in [0.1, 0.15) is 21.6 Å². The van der Waals surface area contributed by atoms with Crippen molar-refractivity contribution in [1.29, 1.82) is 0 Å². The van der Waals surface area contributed by atoms with Gasteiger partial charge in [-0.25, -0.2) is 10.4 Å². The van der Waals surface area contributed by atoms with Crippen LogP contribution in [-0.2, 0) is 0 Å². The average molecular weight is 319 g/mol. The van der Waals surface area contributed by atoms with Gasteiger partial charge in [0, 0.05) is 17.1 Å². The molecule has 0 aliphatic heterocycles. The van der Waals surface area contributed by atoms with Crippen molar-refractivity contribution < 1.29 is 4.79 Å². The van der Waals surface area contributed by atoms with Gasteiger partial charge in [-0.3, -0.25) is 9.20 Å². The maximum absolute atomic E-state index is 11.9. The summed E-state index contributed by atoms with van der Waals surface area (Å²) in [5.74, 6) is -0.270. The Morgan fingerprint density at radius 3 is 2.95 bits per heavy atom. The molecule has 2 aromatic heterocycles. The highest BCUT2D eigenvalue weighted by Gasteiger charge is 2.09. The van der Waals surface area contributed by atoms with Crippen LogP contribution in [0.4, 0.5) is 0 Å². The van der Waals surface area contributed by atoms with Crippen LogP contribution in [0, 0.1) is 6.92 Å². The van der Waals surface area contributed by atoms with Gasteiger partial charge in [0.05, 0.1) is 6.21 Å². The van der Waals surface area contributed by atoms with Crippen LogP contribution in [-0.4, -0.2) is 21.5 Å². The third-order valence-electron chi connectivity index (χ3n) is 2.92. The second-order valence-electron chi connectivity index (χ2n) is 4.41. The van der Waals surface area contributed by atoms with Crippen LogP contribution in [0.3, 0.4) is 0 Å². The summed E-state index contributed by atoms with van der Waals surface area (Å²) in [4.78, 5) is 16.9. The highest BCUT2D eigenvalue weighted by molar-refractivity contribution is 7.15. The molecule has 2 heterocycles. The van der Waals surface area contributed by atoms with E-state index in [1.54, 1.807) is 12.1 Å². The van der Waals surface area contributed by atoms with E-state index in [4.69, 9.17) is 11.6 Å². The minimum Gasteiger partial charge on any atom is -0.288 e. The summed E-state index contributed by atoms with van der Waals surface area (Å²) in [7, 11) is 0. The molecule has 21 heavy (non-hydrogen) atoms. The van der Waals surface area contributed by atoms with E-state index in [0.717, 1.165) is 10.5 Å². The molecule has 0 radical (unpaired) electrons. The fourth-order valence-electron chi connectivity index (χ4n) is 1.81. The van der Waals surface area contributed by atoms with Crippen molar-refractivity contribution in [2.75, 3.05) is 0 Å². The average Bonchev–Trinajstić information content (AvgIpc) is 3.02. The largest absolute Gasteiger partial charge is 0.288 e. The van der Waals surface area contributed by atoms with Gasteiger partial charge in [-0.15, -0.1) is 11.3 Å². The van der Waals surface area contributed by atoms with Gasteiger partial charge in [-0.05, 0) is 19.1 Å². The zero-order valence-electron chi connectivity index (χ0n) is 11.1. The molecule has 1 amide bonds. The van der Waals surface area contributed by atoms with E-state index in [-0.39, 0.29) is 5.91 Å². The molecule has 0 saturated heterocycles. The first-order chi connectivity index (χ1) is 10.1. The van der Waals surface area contributed by atoms with Crippen LogP contribution < -0.4 is 5.43 Å². The molecule has 0 bridgehead atoms. The normalized spacial score (nSPS) is 11.3.